The molecule has 0 bridgehead atoms. The van der Waals surface area contributed by atoms with Crippen LogP contribution in [0.5, 0.6) is 0 Å². The molecule has 1 atom stereocenters. The van der Waals surface area contributed by atoms with Gasteiger partial charge in [-0.1, -0.05) is 18.2 Å². The fourth-order valence-corrected chi connectivity index (χ4v) is 1.95. The molecule has 2 aromatic rings. The van der Waals surface area contributed by atoms with Gasteiger partial charge in [0.15, 0.2) is 0 Å². The third-order valence-electron chi connectivity index (χ3n) is 3.01. The number of hydrogen-bond acceptors (Lipinski definition) is 3. The summed E-state index contributed by atoms with van der Waals surface area (Å²) < 4.78 is 5.33. The molecule has 0 aliphatic heterocycles. The van der Waals surface area contributed by atoms with Gasteiger partial charge in [0.1, 0.15) is 5.76 Å². The Bertz CT molecular complexity index is 494. The number of anilines is 1. The minimum absolute atomic E-state index is 0.00351. The molecule has 1 amide bonds. The molecule has 4 nitrogen and oxygen atoms in total. The molecule has 1 heterocycles. The van der Waals surface area contributed by atoms with Gasteiger partial charge in [0.25, 0.3) is 0 Å². The minimum Gasteiger partial charge on any atom is -0.469 e. The third-order valence-corrected chi connectivity index (χ3v) is 3.01. The van der Waals surface area contributed by atoms with E-state index >= 15 is 0 Å². The number of furan rings is 1. The maximum absolute atomic E-state index is 11.8. The molecule has 4 heteroatoms. The maximum Gasteiger partial charge on any atom is 0.224 e. The van der Waals surface area contributed by atoms with Crippen molar-refractivity contribution in [3.8, 4) is 0 Å². The van der Waals surface area contributed by atoms with E-state index in [9.17, 15) is 4.79 Å². The standard InChI is InChI=1S/C15H18N2O2/c16-11-12(14-7-4-10-19-14)8-9-15(18)17-13-5-2-1-3-6-13/h1-7,10,12H,8-9,11,16H2,(H,17,18). The quantitative estimate of drug-likeness (QED) is 0.837. The van der Waals surface area contributed by atoms with E-state index in [-0.39, 0.29) is 11.8 Å². The van der Waals surface area contributed by atoms with E-state index in [1.165, 1.54) is 0 Å². The Balaban J connectivity index is 1.83. The van der Waals surface area contributed by atoms with Gasteiger partial charge in [0.05, 0.1) is 6.26 Å². The van der Waals surface area contributed by atoms with Crippen LogP contribution in [0.4, 0.5) is 5.69 Å². The molecule has 3 N–H and O–H groups in total. The molecule has 0 spiro atoms. The summed E-state index contributed by atoms with van der Waals surface area (Å²) in [7, 11) is 0. The van der Waals surface area contributed by atoms with Gasteiger partial charge in [-0.05, 0) is 30.7 Å². The lowest BCUT2D eigenvalue weighted by Crippen LogP contribution is -2.17. The lowest BCUT2D eigenvalue weighted by molar-refractivity contribution is -0.116. The molecule has 2 rings (SSSR count). The molecule has 0 aliphatic carbocycles. The molecule has 0 saturated carbocycles. The zero-order chi connectivity index (χ0) is 13.5. The molecular weight excluding hydrogens is 240 g/mol. The van der Waals surface area contributed by atoms with Crippen molar-refractivity contribution in [3.63, 3.8) is 0 Å². The summed E-state index contributed by atoms with van der Waals surface area (Å²) in [4.78, 5) is 11.8. The summed E-state index contributed by atoms with van der Waals surface area (Å²) in [5.41, 5.74) is 6.53. The summed E-state index contributed by atoms with van der Waals surface area (Å²) in [6.07, 6.45) is 2.74. The number of hydrogen-bond donors (Lipinski definition) is 2. The number of benzene rings is 1. The second-order valence-electron chi connectivity index (χ2n) is 4.40. The second-order valence-corrected chi connectivity index (χ2v) is 4.40. The average molecular weight is 258 g/mol. The van der Waals surface area contributed by atoms with E-state index < -0.39 is 0 Å². The Morgan fingerprint density at radius 3 is 2.63 bits per heavy atom. The third kappa shape index (κ3) is 3.96. The molecule has 0 aliphatic rings. The highest BCUT2D eigenvalue weighted by Gasteiger charge is 2.14. The summed E-state index contributed by atoms with van der Waals surface area (Å²) in [6, 6.07) is 13.2. The van der Waals surface area contributed by atoms with Crippen LogP contribution in [0, 0.1) is 0 Å². The maximum atomic E-state index is 11.8. The van der Waals surface area contributed by atoms with Gasteiger partial charge in [0, 0.05) is 24.6 Å². The first-order chi connectivity index (χ1) is 9.29. The van der Waals surface area contributed by atoms with Crippen molar-refractivity contribution in [3.05, 3.63) is 54.5 Å². The van der Waals surface area contributed by atoms with Crippen LogP contribution in [0.2, 0.25) is 0 Å². The predicted octanol–water partition coefficient (Wildman–Crippen LogP) is 2.74. The number of rotatable bonds is 6. The van der Waals surface area contributed by atoms with Gasteiger partial charge < -0.3 is 15.5 Å². The number of nitrogens with one attached hydrogen (secondary N) is 1. The largest absolute Gasteiger partial charge is 0.469 e. The Morgan fingerprint density at radius 2 is 2.00 bits per heavy atom. The van der Waals surface area contributed by atoms with Crippen molar-refractivity contribution in [2.45, 2.75) is 18.8 Å². The van der Waals surface area contributed by atoms with Crippen LogP contribution >= 0.6 is 0 Å². The van der Waals surface area contributed by atoms with Crippen molar-refractivity contribution < 1.29 is 9.21 Å². The van der Waals surface area contributed by atoms with Gasteiger partial charge in [-0.2, -0.15) is 0 Å². The fraction of sp³-hybridized carbons (Fsp3) is 0.267. The number of para-hydroxylation sites is 1. The molecule has 0 saturated heterocycles. The number of nitrogens with two attached hydrogens (primary N) is 1. The Labute approximate surface area is 112 Å². The topological polar surface area (TPSA) is 68.3 Å². The first-order valence-electron chi connectivity index (χ1n) is 6.38. The van der Waals surface area contributed by atoms with Crippen LogP contribution < -0.4 is 11.1 Å². The summed E-state index contributed by atoms with van der Waals surface area (Å²) in [5, 5.41) is 2.86. The van der Waals surface area contributed by atoms with E-state index in [0.717, 1.165) is 11.4 Å². The molecule has 1 aromatic heterocycles. The smallest absolute Gasteiger partial charge is 0.224 e. The van der Waals surface area contributed by atoms with E-state index in [0.29, 0.717) is 19.4 Å². The summed E-state index contributed by atoms with van der Waals surface area (Å²) >= 11 is 0. The highest BCUT2D eigenvalue weighted by Crippen LogP contribution is 2.20. The lowest BCUT2D eigenvalue weighted by Gasteiger charge is -2.11. The average Bonchev–Trinajstić information content (AvgIpc) is 2.95. The van der Waals surface area contributed by atoms with E-state index in [2.05, 4.69) is 5.32 Å². The number of carbonyl (C=O) groups is 1. The first-order valence-corrected chi connectivity index (χ1v) is 6.38. The Kier molecular flexibility index (Phi) is 4.75. The molecule has 1 unspecified atom stereocenters. The highest BCUT2D eigenvalue weighted by atomic mass is 16.3. The van der Waals surface area contributed by atoms with Crippen LogP contribution in [-0.4, -0.2) is 12.5 Å². The van der Waals surface area contributed by atoms with E-state index in [4.69, 9.17) is 10.2 Å². The van der Waals surface area contributed by atoms with Gasteiger partial charge in [-0.25, -0.2) is 0 Å². The van der Waals surface area contributed by atoms with Crippen LogP contribution in [0.3, 0.4) is 0 Å². The second kappa shape index (κ2) is 6.75. The number of carbonyl (C=O) groups excluding carboxylic acids is 1. The molecular formula is C15H18N2O2. The first kappa shape index (κ1) is 13.4. The van der Waals surface area contributed by atoms with Crippen LogP contribution in [-0.2, 0) is 4.79 Å². The lowest BCUT2D eigenvalue weighted by atomic mass is 10.0. The van der Waals surface area contributed by atoms with Crippen molar-refractivity contribution in [2.75, 3.05) is 11.9 Å². The minimum atomic E-state index is -0.00351. The molecule has 1 aromatic carbocycles. The Hall–Kier alpha value is -2.07. The monoisotopic (exact) mass is 258 g/mol. The highest BCUT2D eigenvalue weighted by molar-refractivity contribution is 5.90. The van der Waals surface area contributed by atoms with Gasteiger partial charge in [-0.15, -0.1) is 0 Å². The van der Waals surface area contributed by atoms with Crippen LogP contribution in [0.15, 0.2) is 53.1 Å². The summed E-state index contributed by atoms with van der Waals surface area (Å²) in [6.45, 7) is 0.478. The van der Waals surface area contributed by atoms with Gasteiger partial charge in [0.2, 0.25) is 5.91 Å². The van der Waals surface area contributed by atoms with Gasteiger partial charge in [-0.3, -0.25) is 4.79 Å². The van der Waals surface area contributed by atoms with Gasteiger partial charge >= 0.3 is 0 Å². The molecule has 0 fully saturated rings. The number of amides is 1. The van der Waals surface area contributed by atoms with Crippen molar-refractivity contribution >= 4 is 11.6 Å². The van der Waals surface area contributed by atoms with E-state index in [1.807, 2.05) is 42.5 Å². The summed E-state index contributed by atoms with van der Waals surface area (Å²) in [5.74, 6) is 0.933. The fourth-order valence-electron chi connectivity index (χ4n) is 1.95. The molecule has 19 heavy (non-hydrogen) atoms. The SMILES string of the molecule is NCC(CCC(=O)Nc1ccccc1)c1ccco1. The molecule has 0 radical (unpaired) electrons. The molecule has 100 valence electrons. The van der Waals surface area contributed by atoms with Crippen molar-refractivity contribution in [1.29, 1.82) is 0 Å². The van der Waals surface area contributed by atoms with Crippen LogP contribution in [0.25, 0.3) is 0 Å². The zero-order valence-corrected chi connectivity index (χ0v) is 10.7. The van der Waals surface area contributed by atoms with E-state index in [1.54, 1.807) is 6.26 Å². The van der Waals surface area contributed by atoms with Crippen molar-refractivity contribution in [2.24, 2.45) is 5.73 Å². The normalized spacial score (nSPS) is 12.1. The van der Waals surface area contributed by atoms with Crippen molar-refractivity contribution in [1.82, 2.24) is 0 Å². The Morgan fingerprint density at radius 1 is 1.21 bits per heavy atom. The zero-order valence-electron chi connectivity index (χ0n) is 10.7. The van der Waals surface area contributed by atoms with Crippen LogP contribution in [0.1, 0.15) is 24.5 Å². The predicted molar refractivity (Wildman–Crippen MR) is 74.8 cm³/mol.